The Morgan fingerprint density at radius 3 is 2.42 bits per heavy atom. The smallest absolute Gasteiger partial charge is 0.245 e. The highest BCUT2D eigenvalue weighted by molar-refractivity contribution is 6.00. The van der Waals surface area contributed by atoms with Crippen molar-refractivity contribution < 1.29 is 19.2 Å². The summed E-state index contributed by atoms with van der Waals surface area (Å²) in [6, 6.07) is 8.98. The fourth-order valence-electron chi connectivity index (χ4n) is 7.06. The molecule has 3 fully saturated rings. The predicted molar refractivity (Wildman–Crippen MR) is 164 cm³/mol. The number of piperazine rings is 1. The minimum absolute atomic E-state index is 0.0286. The normalized spacial score (nSPS) is 20.7. The molecule has 2 aliphatic heterocycles. The van der Waals surface area contributed by atoms with Crippen LogP contribution in [0.25, 0.3) is 0 Å². The summed E-state index contributed by atoms with van der Waals surface area (Å²) in [4.78, 5) is 57.0. The third-order valence-electron chi connectivity index (χ3n) is 9.58. The monoisotopic (exact) mass is 590 g/mol. The number of rotatable bonds is 11. The SMILES string of the molecule is CCC(=O)NC(Cc1ccc(NC(=O)[C@@H](CC(=O)c2ccnn2C)C2CCCCC2)cc1)C(=O)N1CCN2CCCC2C1. The molecule has 3 amide bonds. The fourth-order valence-corrected chi connectivity index (χ4v) is 7.06. The van der Waals surface area contributed by atoms with Crippen molar-refractivity contribution >= 4 is 29.2 Å². The maximum absolute atomic E-state index is 13.6. The van der Waals surface area contributed by atoms with Crippen LogP contribution in [-0.2, 0) is 27.9 Å². The summed E-state index contributed by atoms with van der Waals surface area (Å²) in [6.45, 7) is 5.18. The third kappa shape index (κ3) is 7.71. The van der Waals surface area contributed by atoms with E-state index in [4.69, 9.17) is 0 Å². The number of nitrogens with zero attached hydrogens (tertiary/aromatic N) is 4. The Morgan fingerprint density at radius 2 is 1.72 bits per heavy atom. The summed E-state index contributed by atoms with van der Waals surface area (Å²) in [5.41, 5.74) is 2.07. The van der Waals surface area contributed by atoms with Crippen LogP contribution in [0.5, 0.6) is 0 Å². The zero-order chi connectivity index (χ0) is 30.3. The van der Waals surface area contributed by atoms with Crippen LogP contribution in [0, 0.1) is 11.8 Å². The lowest BCUT2D eigenvalue weighted by atomic mass is 9.77. The van der Waals surface area contributed by atoms with Gasteiger partial charge in [-0.2, -0.15) is 5.10 Å². The third-order valence-corrected chi connectivity index (χ3v) is 9.58. The number of fused-ring (bicyclic) bond motifs is 1. The molecule has 3 atom stereocenters. The molecule has 10 nitrogen and oxygen atoms in total. The van der Waals surface area contributed by atoms with E-state index in [-0.39, 0.29) is 35.8 Å². The highest BCUT2D eigenvalue weighted by Gasteiger charge is 2.36. The molecule has 1 aromatic heterocycles. The van der Waals surface area contributed by atoms with Crippen molar-refractivity contribution in [1.82, 2.24) is 24.9 Å². The molecule has 3 aliphatic rings. The molecule has 3 heterocycles. The lowest BCUT2D eigenvalue weighted by Gasteiger charge is -2.39. The number of carbonyl (C=O) groups excluding carboxylic acids is 4. The lowest BCUT2D eigenvalue weighted by molar-refractivity contribution is -0.138. The van der Waals surface area contributed by atoms with Crippen molar-refractivity contribution in [3.63, 3.8) is 0 Å². The second kappa shape index (κ2) is 14.3. The Balaban J connectivity index is 1.24. The lowest BCUT2D eigenvalue weighted by Crippen LogP contribution is -2.57. The number of benzene rings is 1. The van der Waals surface area contributed by atoms with Gasteiger partial charge >= 0.3 is 0 Å². The molecule has 43 heavy (non-hydrogen) atoms. The van der Waals surface area contributed by atoms with Gasteiger partial charge in [0.2, 0.25) is 17.7 Å². The first kappa shape index (κ1) is 30.9. The van der Waals surface area contributed by atoms with Gasteiger partial charge in [0.05, 0.1) is 0 Å². The molecule has 2 saturated heterocycles. The standard InChI is InChI=1S/C33H46N6O4/c1-3-31(41)36-28(33(43)39-19-18-38-17-7-10-26(38)22-39)20-23-11-13-25(14-12-23)35-32(42)27(24-8-5-4-6-9-24)21-30(40)29-15-16-34-37(29)2/h11-16,24,26-28H,3-10,17-22H2,1-2H3,(H,35,42)(H,36,41)/t26?,27-,28?/m0/s1. The van der Waals surface area contributed by atoms with Gasteiger partial charge in [0.25, 0.3) is 0 Å². The molecular weight excluding hydrogens is 544 g/mol. The van der Waals surface area contributed by atoms with Gasteiger partial charge in [-0.15, -0.1) is 0 Å². The molecule has 2 N–H and O–H groups in total. The second-order valence-corrected chi connectivity index (χ2v) is 12.5. The summed E-state index contributed by atoms with van der Waals surface area (Å²) in [5, 5.41) is 10.1. The maximum atomic E-state index is 13.6. The summed E-state index contributed by atoms with van der Waals surface area (Å²) in [5.74, 6) is -0.612. The van der Waals surface area contributed by atoms with Crippen LogP contribution in [0.15, 0.2) is 36.5 Å². The van der Waals surface area contributed by atoms with Gasteiger partial charge in [-0.3, -0.25) is 28.8 Å². The van der Waals surface area contributed by atoms with Gasteiger partial charge in [-0.1, -0.05) is 38.3 Å². The number of nitrogens with one attached hydrogen (secondary N) is 2. The second-order valence-electron chi connectivity index (χ2n) is 12.5. The number of amides is 3. The van der Waals surface area contributed by atoms with Crippen LogP contribution in [0.1, 0.15) is 80.8 Å². The van der Waals surface area contributed by atoms with Crippen molar-refractivity contribution in [3.8, 4) is 0 Å². The Morgan fingerprint density at radius 1 is 0.953 bits per heavy atom. The Bertz CT molecular complexity index is 1280. The Kier molecular flexibility index (Phi) is 10.3. The molecule has 232 valence electrons. The zero-order valence-electron chi connectivity index (χ0n) is 25.6. The van der Waals surface area contributed by atoms with Crippen LogP contribution >= 0.6 is 0 Å². The molecule has 2 unspecified atom stereocenters. The fraction of sp³-hybridized carbons (Fsp3) is 0.606. The van der Waals surface area contributed by atoms with E-state index in [1.54, 1.807) is 30.9 Å². The summed E-state index contributed by atoms with van der Waals surface area (Å²) in [7, 11) is 1.74. The summed E-state index contributed by atoms with van der Waals surface area (Å²) < 4.78 is 1.56. The molecule has 1 aromatic carbocycles. The van der Waals surface area contributed by atoms with E-state index in [1.165, 1.54) is 12.8 Å². The highest BCUT2D eigenvalue weighted by Crippen LogP contribution is 2.33. The number of ketones is 1. The maximum Gasteiger partial charge on any atom is 0.245 e. The van der Waals surface area contributed by atoms with Gasteiger partial charge in [-0.05, 0) is 61.9 Å². The molecule has 0 bridgehead atoms. The zero-order valence-corrected chi connectivity index (χ0v) is 25.6. The van der Waals surface area contributed by atoms with Crippen LogP contribution in [0.2, 0.25) is 0 Å². The molecule has 0 radical (unpaired) electrons. The van der Waals surface area contributed by atoms with E-state index in [0.29, 0.717) is 43.4 Å². The number of hydrogen-bond acceptors (Lipinski definition) is 6. The van der Waals surface area contributed by atoms with Gasteiger partial charge in [-0.25, -0.2) is 0 Å². The molecular formula is C33H46N6O4. The van der Waals surface area contributed by atoms with E-state index in [0.717, 1.165) is 50.8 Å². The summed E-state index contributed by atoms with van der Waals surface area (Å²) >= 11 is 0. The average molecular weight is 591 g/mol. The quantitative estimate of drug-likeness (QED) is 0.387. The minimum Gasteiger partial charge on any atom is -0.344 e. The number of carbonyl (C=O) groups is 4. The predicted octanol–water partition coefficient (Wildman–Crippen LogP) is 3.57. The Hall–Kier alpha value is -3.53. The van der Waals surface area contributed by atoms with Gasteiger partial charge in [0.15, 0.2) is 5.78 Å². The van der Waals surface area contributed by atoms with Crippen LogP contribution in [0.4, 0.5) is 5.69 Å². The van der Waals surface area contributed by atoms with E-state index in [2.05, 4.69) is 20.6 Å². The van der Waals surface area contributed by atoms with Crippen molar-refractivity contribution in [1.29, 1.82) is 0 Å². The van der Waals surface area contributed by atoms with E-state index < -0.39 is 12.0 Å². The largest absolute Gasteiger partial charge is 0.344 e. The molecule has 1 aliphatic carbocycles. The van der Waals surface area contributed by atoms with E-state index >= 15 is 0 Å². The first-order valence-corrected chi connectivity index (χ1v) is 16.1. The number of aromatic nitrogens is 2. The van der Waals surface area contributed by atoms with Crippen LogP contribution < -0.4 is 10.6 Å². The van der Waals surface area contributed by atoms with Crippen LogP contribution in [0.3, 0.4) is 0 Å². The van der Waals surface area contributed by atoms with E-state index in [1.807, 2.05) is 29.2 Å². The molecule has 10 heteroatoms. The summed E-state index contributed by atoms with van der Waals surface area (Å²) in [6.07, 6.45) is 9.97. The number of aryl methyl sites for hydroxylation is 1. The molecule has 0 spiro atoms. The number of anilines is 1. The van der Waals surface area contributed by atoms with Crippen molar-refractivity contribution in [2.24, 2.45) is 18.9 Å². The minimum atomic E-state index is -0.630. The first-order chi connectivity index (χ1) is 20.8. The van der Waals surface area contributed by atoms with Crippen molar-refractivity contribution in [2.75, 3.05) is 31.5 Å². The van der Waals surface area contributed by atoms with Crippen molar-refractivity contribution in [3.05, 3.63) is 47.8 Å². The first-order valence-electron chi connectivity index (χ1n) is 16.1. The van der Waals surface area contributed by atoms with Crippen molar-refractivity contribution in [2.45, 2.75) is 83.2 Å². The van der Waals surface area contributed by atoms with Gasteiger partial charge in [0.1, 0.15) is 11.7 Å². The van der Waals surface area contributed by atoms with Gasteiger partial charge in [0, 0.05) is 69.8 Å². The molecule has 5 rings (SSSR count). The molecule has 2 aromatic rings. The number of hydrogen-bond donors (Lipinski definition) is 2. The van der Waals surface area contributed by atoms with E-state index in [9.17, 15) is 19.2 Å². The average Bonchev–Trinajstić information content (AvgIpc) is 3.68. The van der Waals surface area contributed by atoms with Gasteiger partial charge < -0.3 is 15.5 Å². The molecule has 1 saturated carbocycles. The Labute approximate surface area is 254 Å². The highest BCUT2D eigenvalue weighted by atomic mass is 16.2. The number of Topliss-reactive ketones (excluding diaryl/α,β-unsaturated/α-hetero) is 1. The van der Waals surface area contributed by atoms with Crippen LogP contribution in [-0.4, -0.2) is 81.3 Å². The topological polar surface area (TPSA) is 117 Å².